The zero-order valence-corrected chi connectivity index (χ0v) is 16.0. The third-order valence-corrected chi connectivity index (χ3v) is 4.94. The Morgan fingerprint density at radius 1 is 1.15 bits per heavy atom. The van der Waals surface area contributed by atoms with E-state index in [2.05, 4.69) is 12.2 Å². The van der Waals surface area contributed by atoms with Gasteiger partial charge in [-0.2, -0.15) is 0 Å². The largest absolute Gasteiger partial charge is 0.483 e. The smallest absolute Gasteiger partial charge is 0.260 e. The molecule has 0 aromatic heterocycles. The number of hydrogen-bond acceptors (Lipinski definition) is 3. The second kappa shape index (κ2) is 8.91. The van der Waals surface area contributed by atoms with Gasteiger partial charge in [0.2, 0.25) is 0 Å². The molecule has 0 radical (unpaired) electrons. The van der Waals surface area contributed by atoms with E-state index in [1.807, 2.05) is 23.1 Å². The van der Waals surface area contributed by atoms with Crippen LogP contribution < -0.4 is 10.1 Å². The third kappa shape index (κ3) is 5.23. The Morgan fingerprint density at radius 2 is 1.85 bits per heavy atom. The topological polar surface area (TPSA) is 58.6 Å². The molecule has 2 amide bonds. The van der Waals surface area contributed by atoms with E-state index in [1.54, 1.807) is 30.3 Å². The fourth-order valence-electron chi connectivity index (χ4n) is 3.01. The van der Waals surface area contributed by atoms with Gasteiger partial charge in [0, 0.05) is 23.8 Å². The molecule has 2 aromatic rings. The van der Waals surface area contributed by atoms with Crippen LogP contribution >= 0.6 is 11.6 Å². The molecule has 1 aliphatic rings. The highest BCUT2D eigenvalue weighted by molar-refractivity contribution is 6.31. The summed E-state index contributed by atoms with van der Waals surface area (Å²) in [4.78, 5) is 26.8. The SMILES string of the molecule is CC1CCN(C(=O)COc2ccc(Cl)cc2C(=O)Nc2ccccc2)CC1. The van der Waals surface area contributed by atoms with Gasteiger partial charge in [-0.3, -0.25) is 9.59 Å². The van der Waals surface area contributed by atoms with Crippen molar-refractivity contribution in [1.29, 1.82) is 0 Å². The Balaban J connectivity index is 1.66. The summed E-state index contributed by atoms with van der Waals surface area (Å²) < 4.78 is 5.68. The predicted octanol–water partition coefficient (Wildman–Crippen LogP) is 4.23. The second-order valence-electron chi connectivity index (χ2n) is 6.81. The van der Waals surface area contributed by atoms with Crippen LogP contribution in [0.25, 0.3) is 0 Å². The number of likely N-dealkylation sites (tertiary alicyclic amines) is 1. The molecule has 0 bridgehead atoms. The number of rotatable bonds is 5. The van der Waals surface area contributed by atoms with Gasteiger partial charge in [0.15, 0.2) is 6.61 Å². The highest BCUT2D eigenvalue weighted by Gasteiger charge is 2.21. The van der Waals surface area contributed by atoms with Gasteiger partial charge in [-0.05, 0) is 49.1 Å². The molecule has 1 N–H and O–H groups in total. The quantitative estimate of drug-likeness (QED) is 0.836. The summed E-state index contributed by atoms with van der Waals surface area (Å²) >= 11 is 6.05. The molecule has 5 nitrogen and oxygen atoms in total. The Bertz CT molecular complexity index is 802. The number of carbonyl (C=O) groups excluding carboxylic acids is 2. The number of halogens is 1. The van der Waals surface area contributed by atoms with Crippen LogP contribution in [0.5, 0.6) is 5.75 Å². The lowest BCUT2D eigenvalue weighted by molar-refractivity contribution is -0.134. The molecular weight excluding hydrogens is 364 g/mol. The summed E-state index contributed by atoms with van der Waals surface area (Å²) in [6, 6.07) is 13.9. The maximum atomic E-state index is 12.6. The van der Waals surface area contributed by atoms with Crippen LogP contribution in [0.4, 0.5) is 5.69 Å². The third-order valence-electron chi connectivity index (χ3n) is 4.71. The summed E-state index contributed by atoms with van der Waals surface area (Å²) in [7, 11) is 0. The summed E-state index contributed by atoms with van der Waals surface area (Å²) in [6.45, 7) is 3.61. The molecule has 142 valence electrons. The number of amides is 2. The van der Waals surface area contributed by atoms with E-state index >= 15 is 0 Å². The highest BCUT2D eigenvalue weighted by atomic mass is 35.5. The molecule has 1 heterocycles. The van der Waals surface area contributed by atoms with Crippen LogP contribution in [0.3, 0.4) is 0 Å². The molecule has 0 aliphatic carbocycles. The van der Waals surface area contributed by atoms with Crippen molar-refractivity contribution in [2.45, 2.75) is 19.8 Å². The van der Waals surface area contributed by atoms with E-state index in [-0.39, 0.29) is 18.4 Å². The monoisotopic (exact) mass is 386 g/mol. The lowest BCUT2D eigenvalue weighted by atomic mass is 9.99. The van der Waals surface area contributed by atoms with Crippen LogP contribution in [-0.4, -0.2) is 36.4 Å². The summed E-state index contributed by atoms with van der Waals surface area (Å²) in [5.74, 6) is 0.593. The molecule has 1 aliphatic heterocycles. The van der Waals surface area contributed by atoms with Crippen molar-refractivity contribution in [1.82, 2.24) is 4.90 Å². The minimum Gasteiger partial charge on any atom is -0.483 e. The maximum Gasteiger partial charge on any atom is 0.260 e. The number of para-hydroxylation sites is 1. The fourth-order valence-corrected chi connectivity index (χ4v) is 3.19. The summed E-state index contributed by atoms with van der Waals surface area (Å²) in [6.07, 6.45) is 2.02. The zero-order valence-electron chi connectivity index (χ0n) is 15.3. The molecule has 3 rings (SSSR count). The Kier molecular flexibility index (Phi) is 6.35. The van der Waals surface area contributed by atoms with E-state index in [4.69, 9.17) is 16.3 Å². The van der Waals surface area contributed by atoms with Gasteiger partial charge in [-0.1, -0.05) is 36.7 Å². The molecule has 1 fully saturated rings. The Morgan fingerprint density at radius 3 is 2.56 bits per heavy atom. The van der Waals surface area contributed by atoms with Crippen LogP contribution in [0.15, 0.2) is 48.5 Å². The molecule has 6 heteroatoms. The van der Waals surface area contributed by atoms with Gasteiger partial charge >= 0.3 is 0 Å². The molecular formula is C21H23ClN2O3. The van der Waals surface area contributed by atoms with Crippen molar-refractivity contribution in [2.75, 3.05) is 25.0 Å². The van der Waals surface area contributed by atoms with Gasteiger partial charge in [0.1, 0.15) is 5.75 Å². The molecule has 2 aromatic carbocycles. The summed E-state index contributed by atoms with van der Waals surface area (Å²) in [5.41, 5.74) is 0.971. The van der Waals surface area contributed by atoms with Gasteiger partial charge in [-0.15, -0.1) is 0 Å². The lowest BCUT2D eigenvalue weighted by Crippen LogP contribution is -2.40. The van der Waals surface area contributed by atoms with Crippen molar-refractivity contribution in [3.63, 3.8) is 0 Å². The molecule has 0 saturated carbocycles. The van der Waals surface area contributed by atoms with Crippen molar-refractivity contribution >= 4 is 29.1 Å². The first-order chi connectivity index (χ1) is 13.0. The van der Waals surface area contributed by atoms with E-state index in [9.17, 15) is 9.59 Å². The fraction of sp³-hybridized carbons (Fsp3) is 0.333. The van der Waals surface area contributed by atoms with E-state index in [0.717, 1.165) is 25.9 Å². The van der Waals surface area contributed by atoms with Crippen molar-refractivity contribution in [3.05, 3.63) is 59.1 Å². The number of anilines is 1. The zero-order chi connectivity index (χ0) is 19.2. The van der Waals surface area contributed by atoms with Gasteiger partial charge < -0.3 is 15.0 Å². The predicted molar refractivity (Wildman–Crippen MR) is 106 cm³/mol. The first-order valence-corrected chi connectivity index (χ1v) is 9.47. The minimum absolute atomic E-state index is 0.0636. The molecule has 0 unspecified atom stereocenters. The van der Waals surface area contributed by atoms with Gasteiger partial charge in [0.25, 0.3) is 11.8 Å². The number of carbonyl (C=O) groups is 2. The van der Waals surface area contributed by atoms with Crippen LogP contribution in [0.1, 0.15) is 30.1 Å². The number of benzene rings is 2. The van der Waals surface area contributed by atoms with Crippen LogP contribution in [-0.2, 0) is 4.79 Å². The van der Waals surface area contributed by atoms with Gasteiger partial charge in [0.05, 0.1) is 5.56 Å². The Labute approximate surface area is 164 Å². The molecule has 0 atom stereocenters. The minimum atomic E-state index is -0.335. The number of ether oxygens (including phenoxy) is 1. The van der Waals surface area contributed by atoms with Crippen LogP contribution in [0.2, 0.25) is 5.02 Å². The first-order valence-electron chi connectivity index (χ1n) is 9.09. The molecule has 1 saturated heterocycles. The Hall–Kier alpha value is -2.53. The first kappa shape index (κ1) is 19.2. The van der Waals surface area contributed by atoms with E-state index in [0.29, 0.717) is 27.9 Å². The molecule has 0 spiro atoms. The second-order valence-corrected chi connectivity index (χ2v) is 7.25. The average Bonchev–Trinajstić information content (AvgIpc) is 2.68. The normalized spacial score (nSPS) is 14.7. The molecule has 27 heavy (non-hydrogen) atoms. The van der Waals surface area contributed by atoms with Crippen molar-refractivity contribution in [2.24, 2.45) is 5.92 Å². The summed E-state index contributed by atoms with van der Waals surface area (Å²) in [5, 5.41) is 3.24. The lowest BCUT2D eigenvalue weighted by Gasteiger charge is -2.30. The van der Waals surface area contributed by atoms with Crippen molar-refractivity contribution in [3.8, 4) is 5.75 Å². The maximum absolute atomic E-state index is 12.6. The van der Waals surface area contributed by atoms with E-state index < -0.39 is 0 Å². The number of piperidine rings is 1. The van der Waals surface area contributed by atoms with Crippen molar-refractivity contribution < 1.29 is 14.3 Å². The standard InChI is InChI=1S/C21H23ClN2O3/c1-15-9-11-24(12-10-15)20(25)14-27-19-8-7-16(22)13-18(19)21(26)23-17-5-3-2-4-6-17/h2-8,13,15H,9-12,14H2,1H3,(H,23,26). The average molecular weight is 387 g/mol. The number of hydrogen-bond donors (Lipinski definition) is 1. The van der Waals surface area contributed by atoms with Gasteiger partial charge in [-0.25, -0.2) is 0 Å². The number of nitrogens with one attached hydrogen (secondary N) is 1. The highest BCUT2D eigenvalue weighted by Crippen LogP contribution is 2.24. The van der Waals surface area contributed by atoms with Crippen LogP contribution in [0, 0.1) is 5.92 Å². The van der Waals surface area contributed by atoms with E-state index in [1.165, 1.54) is 0 Å². The number of nitrogens with zero attached hydrogens (tertiary/aromatic N) is 1.